The standard InChI is InChI=1S/C26H31N3O3S/c1-25-14-12-20-23(33-24(28-20)27-19-5-3-4-6-21(19)29(31)32)18(25)8-7-15-16-9-10-22(30)26(16,2)13-11-17(15)25/h3-6,15-18H,7-14H2,1-2H3,(H,27,28)/t15-,16-,17-,18?,25+,26-/m0/s1. The number of nitrogens with zero attached hydrogens (tertiary/aromatic N) is 2. The summed E-state index contributed by atoms with van der Waals surface area (Å²) in [5.74, 6) is 2.94. The van der Waals surface area contributed by atoms with Gasteiger partial charge in [-0.25, -0.2) is 4.98 Å². The number of para-hydroxylation sites is 2. The van der Waals surface area contributed by atoms with Gasteiger partial charge in [-0.1, -0.05) is 26.0 Å². The smallest absolute Gasteiger partial charge is 0.292 e. The molecule has 1 N–H and O–H groups in total. The van der Waals surface area contributed by atoms with E-state index in [4.69, 9.17) is 4.98 Å². The van der Waals surface area contributed by atoms with Crippen LogP contribution in [0.1, 0.15) is 75.3 Å². The SMILES string of the molecule is C[C@]12CCc3nc(Nc4ccccc4[N+](=O)[O-])sc3C1CC[C@@H]1[C@@H]2CC[C@]2(C)C(=O)CC[C@@H]12. The molecule has 33 heavy (non-hydrogen) atoms. The third-order valence-corrected chi connectivity index (χ3v) is 11.0. The average Bonchev–Trinajstić information content (AvgIpc) is 3.33. The first-order valence-electron chi connectivity index (χ1n) is 12.3. The molecule has 1 heterocycles. The quantitative estimate of drug-likeness (QED) is 0.406. The van der Waals surface area contributed by atoms with E-state index in [1.165, 1.54) is 35.9 Å². The van der Waals surface area contributed by atoms with Gasteiger partial charge >= 0.3 is 0 Å². The number of ketones is 1. The summed E-state index contributed by atoms with van der Waals surface area (Å²) in [4.78, 5) is 30.0. The second-order valence-electron chi connectivity index (χ2n) is 11.2. The summed E-state index contributed by atoms with van der Waals surface area (Å²) in [5.41, 5.74) is 1.94. The van der Waals surface area contributed by atoms with Crippen molar-refractivity contribution in [3.8, 4) is 0 Å². The Morgan fingerprint density at radius 1 is 1.09 bits per heavy atom. The van der Waals surface area contributed by atoms with E-state index >= 15 is 0 Å². The van der Waals surface area contributed by atoms with E-state index in [0.717, 1.165) is 37.2 Å². The maximum Gasteiger partial charge on any atom is 0.292 e. The van der Waals surface area contributed by atoms with E-state index in [2.05, 4.69) is 19.2 Å². The van der Waals surface area contributed by atoms with E-state index in [0.29, 0.717) is 35.1 Å². The first-order valence-corrected chi connectivity index (χ1v) is 13.2. The monoisotopic (exact) mass is 465 g/mol. The van der Waals surface area contributed by atoms with Gasteiger partial charge in [0.2, 0.25) is 0 Å². The molecule has 6 rings (SSSR count). The summed E-state index contributed by atoms with van der Waals surface area (Å²) >= 11 is 1.69. The Balaban J connectivity index is 1.29. The fourth-order valence-corrected chi connectivity index (χ4v) is 9.45. The maximum atomic E-state index is 12.7. The number of fused-ring (bicyclic) bond motifs is 7. The summed E-state index contributed by atoms with van der Waals surface area (Å²) in [6, 6.07) is 6.77. The lowest BCUT2D eigenvalue weighted by molar-refractivity contribution is -0.383. The highest BCUT2D eigenvalue weighted by Crippen LogP contribution is 2.67. The maximum absolute atomic E-state index is 12.7. The Morgan fingerprint density at radius 2 is 1.91 bits per heavy atom. The fourth-order valence-electron chi connectivity index (χ4n) is 8.13. The molecule has 4 aliphatic carbocycles. The molecule has 6 nitrogen and oxygen atoms in total. The van der Waals surface area contributed by atoms with Crippen molar-refractivity contribution in [3.63, 3.8) is 0 Å². The molecular weight excluding hydrogens is 434 g/mol. The molecule has 0 saturated heterocycles. The molecule has 0 radical (unpaired) electrons. The van der Waals surface area contributed by atoms with Crippen LogP contribution in [0, 0.1) is 38.7 Å². The summed E-state index contributed by atoms with van der Waals surface area (Å²) in [6.45, 7) is 4.76. The number of hydrogen-bond acceptors (Lipinski definition) is 6. The summed E-state index contributed by atoms with van der Waals surface area (Å²) in [6.07, 6.45) is 8.60. The number of thiazole rings is 1. The molecule has 3 saturated carbocycles. The van der Waals surface area contributed by atoms with E-state index in [9.17, 15) is 14.9 Å². The molecule has 174 valence electrons. The third kappa shape index (κ3) is 3.04. The lowest BCUT2D eigenvalue weighted by Crippen LogP contribution is -2.52. The lowest BCUT2D eigenvalue weighted by Gasteiger charge is -2.59. The third-order valence-electron chi connectivity index (χ3n) is 9.86. The van der Waals surface area contributed by atoms with Crippen LogP contribution in [0.25, 0.3) is 0 Å². The molecule has 0 aliphatic heterocycles. The zero-order chi connectivity index (χ0) is 23.0. The Kier molecular flexibility index (Phi) is 4.74. The van der Waals surface area contributed by atoms with Crippen LogP contribution in [0.15, 0.2) is 24.3 Å². The van der Waals surface area contributed by atoms with Gasteiger partial charge in [0.1, 0.15) is 11.5 Å². The molecule has 3 fully saturated rings. The molecule has 7 heteroatoms. The number of carbonyl (C=O) groups is 1. The number of aromatic nitrogens is 1. The molecule has 2 aromatic rings. The van der Waals surface area contributed by atoms with Crippen molar-refractivity contribution in [2.45, 2.75) is 71.1 Å². The van der Waals surface area contributed by atoms with Gasteiger partial charge in [-0.15, -0.1) is 11.3 Å². The van der Waals surface area contributed by atoms with Crippen molar-refractivity contribution >= 4 is 33.6 Å². The number of carbonyl (C=O) groups excluding carboxylic acids is 1. The minimum atomic E-state index is -0.348. The molecule has 0 spiro atoms. The number of rotatable bonds is 3. The molecule has 0 amide bonds. The summed E-state index contributed by atoms with van der Waals surface area (Å²) < 4.78 is 0. The number of aryl methyl sites for hydroxylation is 1. The van der Waals surface area contributed by atoms with Gasteiger partial charge in [0.25, 0.3) is 5.69 Å². The number of benzene rings is 1. The first-order chi connectivity index (χ1) is 15.8. The normalized spacial score (nSPS) is 37.0. The Bertz CT molecular complexity index is 1150. The molecule has 1 aromatic carbocycles. The van der Waals surface area contributed by atoms with Gasteiger partial charge < -0.3 is 5.32 Å². The van der Waals surface area contributed by atoms with Crippen LogP contribution in [0.4, 0.5) is 16.5 Å². The van der Waals surface area contributed by atoms with Crippen LogP contribution in [-0.4, -0.2) is 15.7 Å². The van der Waals surface area contributed by atoms with Gasteiger partial charge in [0.15, 0.2) is 5.13 Å². The van der Waals surface area contributed by atoms with Crippen molar-refractivity contribution in [2.75, 3.05) is 5.32 Å². The molecule has 6 atom stereocenters. The highest BCUT2D eigenvalue weighted by atomic mass is 32.1. The Morgan fingerprint density at radius 3 is 2.73 bits per heavy atom. The minimum Gasteiger partial charge on any atom is -0.326 e. The van der Waals surface area contributed by atoms with Crippen molar-refractivity contribution in [3.05, 3.63) is 45.0 Å². The van der Waals surface area contributed by atoms with Crippen molar-refractivity contribution in [1.29, 1.82) is 0 Å². The van der Waals surface area contributed by atoms with Crippen LogP contribution in [0.2, 0.25) is 0 Å². The zero-order valence-corrected chi connectivity index (χ0v) is 20.1. The Labute approximate surface area is 198 Å². The molecule has 1 unspecified atom stereocenters. The summed E-state index contributed by atoms with van der Waals surface area (Å²) in [5, 5.41) is 15.4. The van der Waals surface area contributed by atoms with E-state index < -0.39 is 0 Å². The van der Waals surface area contributed by atoms with Crippen LogP contribution < -0.4 is 5.32 Å². The molecular formula is C26H31N3O3S. The second kappa shape index (κ2) is 7.36. The highest BCUT2D eigenvalue weighted by Gasteiger charge is 2.60. The van der Waals surface area contributed by atoms with E-state index in [1.54, 1.807) is 23.5 Å². The van der Waals surface area contributed by atoms with Crippen LogP contribution in [0.3, 0.4) is 0 Å². The number of hydrogen-bond donors (Lipinski definition) is 1. The van der Waals surface area contributed by atoms with Crippen LogP contribution >= 0.6 is 11.3 Å². The van der Waals surface area contributed by atoms with Gasteiger partial charge in [0, 0.05) is 28.7 Å². The number of nitro groups is 1. The van der Waals surface area contributed by atoms with E-state index in [1.807, 2.05) is 6.07 Å². The van der Waals surface area contributed by atoms with Crippen molar-refractivity contribution in [2.24, 2.45) is 28.6 Å². The minimum absolute atomic E-state index is 0.0732. The fraction of sp³-hybridized carbons (Fsp3) is 0.615. The van der Waals surface area contributed by atoms with Gasteiger partial charge in [0.05, 0.1) is 10.6 Å². The van der Waals surface area contributed by atoms with E-state index in [-0.39, 0.29) is 21.4 Å². The predicted octanol–water partition coefficient (Wildman–Crippen LogP) is 6.64. The topological polar surface area (TPSA) is 85.1 Å². The Hall–Kier alpha value is -2.28. The van der Waals surface area contributed by atoms with Crippen molar-refractivity contribution in [1.82, 2.24) is 4.98 Å². The van der Waals surface area contributed by atoms with Crippen molar-refractivity contribution < 1.29 is 9.72 Å². The molecule has 1 aromatic heterocycles. The van der Waals surface area contributed by atoms with Crippen LogP contribution in [0.5, 0.6) is 0 Å². The predicted molar refractivity (Wildman–Crippen MR) is 129 cm³/mol. The largest absolute Gasteiger partial charge is 0.326 e. The molecule has 4 aliphatic rings. The highest BCUT2D eigenvalue weighted by molar-refractivity contribution is 7.15. The zero-order valence-electron chi connectivity index (χ0n) is 19.3. The average molecular weight is 466 g/mol. The number of nitro benzene ring substituents is 1. The van der Waals surface area contributed by atoms with Crippen LogP contribution in [-0.2, 0) is 11.2 Å². The number of anilines is 2. The first kappa shape index (κ1) is 21.3. The van der Waals surface area contributed by atoms with Gasteiger partial charge in [-0.3, -0.25) is 14.9 Å². The number of nitrogens with one attached hydrogen (secondary N) is 1. The molecule has 0 bridgehead atoms. The van der Waals surface area contributed by atoms with Gasteiger partial charge in [-0.2, -0.15) is 0 Å². The number of Topliss-reactive ketones (excluding diaryl/α,β-unsaturated/α-hetero) is 1. The summed E-state index contributed by atoms with van der Waals surface area (Å²) in [7, 11) is 0. The van der Waals surface area contributed by atoms with Gasteiger partial charge in [-0.05, 0) is 74.2 Å². The second-order valence-corrected chi connectivity index (χ2v) is 12.2. The lowest BCUT2D eigenvalue weighted by atomic mass is 9.46.